The molecule has 0 heterocycles. The summed E-state index contributed by atoms with van der Waals surface area (Å²) >= 11 is 0. The smallest absolute Gasteiger partial charge is 0.211 e. The van der Waals surface area contributed by atoms with E-state index in [9.17, 15) is 4.79 Å². The lowest BCUT2D eigenvalue weighted by Crippen LogP contribution is -2.24. The Morgan fingerprint density at radius 1 is 1.10 bits per heavy atom. The average Bonchev–Trinajstić information content (AvgIpc) is 3.08. The number of aliphatic imine (C=N–C) groups is 1. The van der Waals surface area contributed by atoms with Gasteiger partial charge in [0.05, 0.1) is 5.54 Å². The second kappa shape index (κ2) is 4.86. The van der Waals surface area contributed by atoms with Gasteiger partial charge in [-0.2, -0.15) is 4.99 Å². The minimum absolute atomic E-state index is 0.154. The van der Waals surface area contributed by atoms with E-state index < -0.39 is 0 Å². The maximum absolute atomic E-state index is 10.5. The van der Waals surface area contributed by atoms with Gasteiger partial charge in [-0.05, 0) is 41.2 Å². The van der Waals surface area contributed by atoms with Crippen LogP contribution in [0.2, 0.25) is 0 Å². The predicted octanol–water partition coefficient (Wildman–Crippen LogP) is 4.73. The fourth-order valence-electron chi connectivity index (χ4n) is 3.33. The van der Waals surface area contributed by atoms with Crippen molar-refractivity contribution in [2.45, 2.75) is 64.8 Å². The lowest BCUT2D eigenvalue weighted by atomic mass is 9.72. The van der Waals surface area contributed by atoms with E-state index in [1.807, 2.05) is 0 Å². The van der Waals surface area contributed by atoms with E-state index in [2.05, 4.69) is 63.9 Å². The standard InChI is InChI=1S/C18H25NO/c1-16(2,3)12-17(4,5)14-6-8-15(9-7-14)18(10-11-18)19-13-20/h6-9H,10-12H2,1-5H3. The zero-order chi connectivity index (χ0) is 15.0. The summed E-state index contributed by atoms with van der Waals surface area (Å²) in [6.45, 7) is 11.4. The molecule has 0 aliphatic heterocycles. The highest BCUT2D eigenvalue weighted by Crippen LogP contribution is 2.49. The van der Waals surface area contributed by atoms with Gasteiger partial charge in [-0.1, -0.05) is 58.9 Å². The topological polar surface area (TPSA) is 29.4 Å². The number of hydrogen-bond acceptors (Lipinski definition) is 2. The molecule has 2 rings (SSSR count). The van der Waals surface area contributed by atoms with Gasteiger partial charge >= 0.3 is 0 Å². The third-order valence-corrected chi connectivity index (χ3v) is 4.16. The number of isocyanates is 1. The first-order chi connectivity index (χ1) is 9.19. The summed E-state index contributed by atoms with van der Waals surface area (Å²) in [5.41, 5.74) is 2.70. The normalized spacial score (nSPS) is 17.4. The Kier molecular flexibility index (Phi) is 3.64. The molecule has 1 aliphatic carbocycles. The van der Waals surface area contributed by atoms with E-state index in [1.54, 1.807) is 6.08 Å². The van der Waals surface area contributed by atoms with Gasteiger partial charge < -0.3 is 0 Å². The summed E-state index contributed by atoms with van der Waals surface area (Å²) in [7, 11) is 0. The van der Waals surface area contributed by atoms with E-state index >= 15 is 0 Å². The van der Waals surface area contributed by atoms with Crippen LogP contribution in [0.5, 0.6) is 0 Å². The number of nitrogens with zero attached hydrogens (tertiary/aromatic N) is 1. The summed E-state index contributed by atoms with van der Waals surface area (Å²) in [5, 5.41) is 0. The number of rotatable bonds is 4. The molecule has 0 saturated heterocycles. The van der Waals surface area contributed by atoms with Crippen molar-refractivity contribution < 1.29 is 4.79 Å². The molecule has 0 bridgehead atoms. The molecule has 1 aromatic carbocycles. The van der Waals surface area contributed by atoms with Crippen LogP contribution in [0.25, 0.3) is 0 Å². The number of carbonyl (C=O) groups excluding carboxylic acids is 1. The molecule has 0 radical (unpaired) electrons. The maximum atomic E-state index is 10.5. The molecular weight excluding hydrogens is 246 g/mol. The number of hydrogen-bond donors (Lipinski definition) is 0. The van der Waals surface area contributed by atoms with Gasteiger partial charge in [-0.25, -0.2) is 4.79 Å². The van der Waals surface area contributed by atoms with Crippen molar-refractivity contribution in [3.05, 3.63) is 35.4 Å². The molecular formula is C18H25NO. The lowest BCUT2D eigenvalue weighted by Gasteiger charge is -2.33. The van der Waals surface area contributed by atoms with E-state index in [4.69, 9.17) is 0 Å². The highest BCUT2D eigenvalue weighted by molar-refractivity contribution is 5.42. The Balaban J connectivity index is 2.22. The molecule has 0 aromatic heterocycles. The zero-order valence-corrected chi connectivity index (χ0v) is 13.3. The molecule has 0 atom stereocenters. The molecule has 2 heteroatoms. The van der Waals surface area contributed by atoms with Crippen LogP contribution in [0.4, 0.5) is 0 Å². The van der Waals surface area contributed by atoms with Crippen LogP contribution in [-0.2, 0) is 15.7 Å². The molecule has 0 N–H and O–H groups in total. The van der Waals surface area contributed by atoms with Gasteiger partial charge in [0.25, 0.3) is 0 Å². The van der Waals surface area contributed by atoms with Crippen LogP contribution in [0.1, 0.15) is 65.0 Å². The Hall–Kier alpha value is -1.40. The first kappa shape index (κ1) is 15.0. The van der Waals surface area contributed by atoms with Gasteiger partial charge in [0.15, 0.2) is 0 Å². The van der Waals surface area contributed by atoms with Crippen LogP contribution >= 0.6 is 0 Å². The van der Waals surface area contributed by atoms with Gasteiger partial charge in [-0.3, -0.25) is 0 Å². The largest absolute Gasteiger partial charge is 0.235 e. The highest BCUT2D eigenvalue weighted by atomic mass is 16.1. The van der Waals surface area contributed by atoms with Crippen molar-refractivity contribution in [2.75, 3.05) is 0 Å². The third-order valence-electron chi connectivity index (χ3n) is 4.16. The molecule has 0 unspecified atom stereocenters. The predicted molar refractivity (Wildman–Crippen MR) is 82.6 cm³/mol. The fourth-order valence-corrected chi connectivity index (χ4v) is 3.33. The van der Waals surface area contributed by atoms with Crippen LogP contribution in [-0.4, -0.2) is 6.08 Å². The molecule has 1 saturated carbocycles. The van der Waals surface area contributed by atoms with Crippen LogP contribution < -0.4 is 0 Å². The maximum Gasteiger partial charge on any atom is 0.235 e. The monoisotopic (exact) mass is 271 g/mol. The van der Waals surface area contributed by atoms with Crippen LogP contribution in [0.3, 0.4) is 0 Å². The average molecular weight is 271 g/mol. The molecule has 1 fully saturated rings. The summed E-state index contributed by atoms with van der Waals surface area (Å²) in [6, 6.07) is 8.66. The van der Waals surface area contributed by atoms with E-state index in [-0.39, 0.29) is 11.0 Å². The Labute approximate surface area is 122 Å². The van der Waals surface area contributed by atoms with Crippen molar-refractivity contribution in [3.8, 4) is 0 Å². The second-order valence-electron chi connectivity index (χ2n) is 7.93. The van der Waals surface area contributed by atoms with Crippen molar-refractivity contribution in [2.24, 2.45) is 10.4 Å². The number of benzene rings is 1. The molecule has 1 aromatic rings. The van der Waals surface area contributed by atoms with Gasteiger partial charge in [0.2, 0.25) is 6.08 Å². The summed E-state index contributed by atoms with van der Waals surface area (Å²) in [6.07, 6.45) is 4.79. The van der Waals surface area contributed by atoms with Crippen molar-refractivity contribution >= 4 is 6.08 Å². The highest BCUT2D eigenvalue weighted by Gasteiger charge is 2.44. The van der Waals surface area contributed by atoms with Crippen molar-refractivity contribution in [3.63, 3.8) is 0 Å². The lowest BCUT2D eigenvalue weighted by molar-refractivity contribution is 0.284. The van der Waals surface area contributed by atoms with Gasteiger partial charge in [0, 0.05) is 0 Å². The first-order valence-corrected chi connectivity index (χ1v) is 7.39. The van der Waals surface area contributed by atoms with Crippen molar-refractivity contribution in [1.29, 1.82) is 0 Å². The minimum atomic E-state index is -0.256. The van der Waals surface area contributed by atoms with Gasteiger partial charge in [0.1, 0.15) is 0 Å². The molecule has 108 valence electrons. The Bertz CT molecular complexity index is 524. The molecule has 2 nitrogen and oxygen atoms in total. The van der Waals surface area contributed by atoms with Gasteiger partial charge in [-0.15, -0.1) is 0 Å². The second-order valence-corrected chi connectivity index (χ2v) is 7.93. The van der Waals surface area contributed by atoms with Crippen molar-refractivity contribution in [1.82, 2.24) is 0 Å². The molecule has 0 amide bonds. The Morgan fingerprint density at radius 3 is 2.05 bits per heavy atom. The molecule has 1 aliphatic rings. The fraction of sp³-hybridized carbons (Fsp3) is 0.611. The quantitative estimate of drug-likeness (QED) is 0.575. The first-order valence-electron chi connectivity index (χ1n) is 7.39. The third kappa shape index (κ3) is 3.19. The molecule has 20 heavy (non-hydrogen) atoms. The van der Waals surface area contributed by atoms with Crippen LogP contribution in [0, 0.1) is 5.41 Å². The van der Waals surface area contributed by atoms with E-state index in [1.165, 1.54) is 5.56 Å². The SMILES string of the molecule is CC(C)(C)CC(C)(C)c1ccc(C2(N=C=O)CC2)cc1. The summed E-state index contributed by atoms with van der Waals surface area (Å²) in [5.74, 6) is 0. The summed E-state index contributed by atoms with van der Waals surface area (Å²) in [4.78, 5) is 14.5. The van der Waals surface area contributed by atoms with E-state index in [0.29, 0.717) is 5.41 Å². The van der Waals surface area contributed by atoms with Crippen LogP contribution in [0.15, 0.2) is 29.3 Å². The molecule has 0 spiro atoms. The minimum Gasteiger partial charge on any atom is -0.211 e. The zero-order valence-electron chi connectivity index (χ0n) is 13.3. The summed E-state index contributed by atoms with van der Waals surface area (Å²) < 4.78 is 0. The van der Waals surface area contributed by atoms with E-state index in [0.717, 1.165) is 24.8 Å². The Morgan fingerprint density at radius 2 is 1.65 bits per heavy atom.